The average molecular weight is 1140 g/mol. The number of rotatable bonds is 47. The number of amides is 10. The summed E-state index contributed by atoms with van der Waals surface area (Å²) in [4.78, 5) is 159. The van der Waals surface area contributed by atoms with Gasteiger partial charge in [0, 0.05) is 12.8 Å². The second-order valence-electron chi connectivity index (χ2n) is 19.8. The van der Waals surface area contributed by atoms with Crippen LogP contribution in [-0.2, 0) is 57.5 Å². The van der Waals surface area contributed by atoms with Crippen LogP contribution in [0.5, 0.6) is 0 Å². The van der Waals surface area contributed by atoms with Gasteiger partial charge in [-0.1, -0.05) is 26.7 Å². The number of aliphatic carboxylic acids is 2. The van der Waals surface area contributed by atoms with Crippen LogP contribution in [0.1, 0.15) is 149 Å². The van der Waals surface area contributed by atoms with Gasteiger partial charge in [0.05, 0.1) is 12.5 Å². The predicted molar refractivity (Wildman–Crippen MR) is 294 cm³/mol. The molecular weight excluding hydrogens is 1050 g/mol. The van der Waals surface area contributed by atoms with E-state index in [0.717, 1.165) is 0 Å². The molecule has 0 aliphatic heterocycles. The van der Waals surface area contributed by atoms with Gasteiger partial charge in [-0.3, -0.25) is 52.7 Å². The molecule has 0 rings (SSSR count). The number of primary amides is 2. The monoisotopic (exact) mass is 1140 g/mol. The van der Waals surface area contributed by atoms with E-state index in [1.165, 1.54) is 0 Å². The van der Waals surface area contributed by atoms with Crippen LogP contribution < -0.4 is 88.4 Å². The molecule has 0 bridgehead atoms. The lowest BCUT2D eigenvalue weighted by Gasteiger charge is -2.29. The molecule has 0 saturated carbocycles. The summed E-state index contributed by atoms with van der Waals surface area (Å²) in [5, 5.41) is 39.3. The van der Waals surface area contributed by atoms with Gasteiger partial charge < -0.3 is 98.6 Å². The van der Waals surface area contributed by atoms with E-state index >= 15 is 0 Å². The van der Waals surface area contributed by atoms with Crippen LogP contribution in [0.25, 0.3) is 0 Å². The molecule has 80 heavy (non-hydrogen) atoms. The molecule has 30 heteroatoms. The maximum atomic E-state index is 14.2. The molecule has 10 atom stereocenters. The molecule has 0 aromatic heterocycles. The molecule has 10 amide bonds. The number of nitrogens with one attached hydrogen (secondary N) is 8. The molecule has 0 spiro atoms. The summed E-state index contributed by atoms with van der Waals surface area (Å²) in [5.41, 5.74) is 45.1. The Morgan fingerprint density at radius 1 is 0.375 bits per heavy atom. The Labute approximate surface area is 467 Å². The van der Waals surface area contributed by atoms with Crippen molar-refractivity contribution in [2.45, 2.75) is 203 Å². The van der Waals surface area contributed by atoms with Gasteiger partial charge >= 0.3 is 11.9 Å². The van der Waals surface area contributed by atoms with E-state index in [4.69, 9.17) is 45.9 Å². The zero-order valence-corrected chi connectivity index (χ0v) is 46.6. The lowest BCUT2D eigenvalue weighted by atomic mass is 9.96. The molecule has 0 aromatic rings. The Bertz CT molecular complexity index is 1990. The number of carbonyl (C=O) groups excluding carboxylic acids is 10. The van der Waals surface area contributed by atoms with Crippen molar-refractivity contribution in [1.29, 1.82) is 0 Å². The summed E-state index contributed by atoms with van der Waals surface area (Å²) >= 11 is 0. The highest BCUT2D eigenvalue weighted by molar-refractivity contribution is 5.99. The molecule has 26 N–H and O–H groups in total. The van der Waals surface area contributed by atoms with Crippen molar-refractivity contribution >= 4 is 71.0 Å². The van der Waals surface area contributed by atoms with E-state index in [-0.39, 0.29) is 64.7 Å². The van der Waals surface area contributed by atoms with Crippen LogP contribution in [0.2, 0.25) is 0 Å². The zero-order chi connectivity index (χ0) is 60.7. The summed E-state index contributed by atoms with van der Waals surface area (Å²) in [7, 11) is 0. The second-order valence-corrected chi connectivity index (χ2v) is 19.8. The van der Waals surface area contributed by atoms with Gasteiger partial charge in [0.25, 0.3) is 0 Å². The number of unbranched alkanes of at least 4 members (excludes halogenated alkanes) is 5. The fourth-order valence-corrected chi connectivity index (χ4v) is 8.03. The van der Waals surface area contributed by atoms with Crippen molar-refractivity contribution in [3.05, 3.63) is 0 Å². The number of carbonyl (C=O) groups is 12. The van der Waals surface area contributed by atoms with Crippen LogP contribution in [0.15, 0.2) is 0 Å². The minimum Gasteiger partial charge on any atom is -0.481 e. The van der Waals surface area contributed by atoms with Crippen molar-refractivity contribution in [2.24, 2.45) is 51.8 Å². The third kappa shape index (κ3) is 31.3. The Balaban J connectivity index is 6.93. The first-order valence-corrected chi connectivity index (χ1v) is 27.6. The molecule has 0 aliphatic carbocycles. The fraction of sp³-hybridized carbons (Fsp3) is 0.760. The first-order valence-electron chi connectivity index (χ1n) is 27.6. The van der Waals surface area contributed by atoms with Gasteiger partial charge in [-0.2, -0.15) is 0 Å². The molecule has 0 heterocycles. The standard InChI is InChI=1S/C50H94N16O14/c1-3-29(2)41(66-42(71)30(56)14-4-9-23-51)49(78)63-33(17-7-12-26-54)44(73)59-31(15-5-10-24-52)43(72)61-35(20-22-40(69)70)47(76)65-37(28-39(58)68)48(77)62-34(19-21-38(57)67)46(75)60-32(16-6-11-25-53)45(74)64-36(50(79)80)18-8-13-27-55/h29-37,41H,3-28,51-56H2,1-2H3,(H2,57,67)(H2,58,68)(H,59,73)(H,60,75)(H,61,72)(H,62,77)(H,63,78)(H,64,74)(H,65,76)(H,66,71)(H,69,70)(H,79,80)/t29-,30-,31-,32-,33-,34-,35-,36-,37-,41-/m0/s1. The van der Waals surface area contributed by atoms with Crippen molar-refractivity contribution in [1.82, 2.24) is 42.5 Å². The average Bonchev–Trinajstić information content (AvgIpc) is 3.40. The summed E-state index contributed by atoms with van der Waals surface area (Å²) < 4.78 is 0. The van der Waals surface area contributed by atoms with E-state index in [1.807, 2.05) is 0 Å². The van der Waals surface area contributed by atoms with Gasteiger partial charge in [0.15, 0.2) is 0 Å². The first kappa shape index (κ1) is 73.4. The molecule has 0 fully saturated rings. The van der Waals surface area contributed by atoms with E-state index in [0.29, 0.717) is 70.8 Å². The normalized spacial score (nSPS) is 14.8. The highest BCUT2D eigenvalue weighted by Gasteiger charge is 2.36. The topological polar surface area (TPSA) is 550 Å². The van der Waals surface area contributed by atoms with Crippen LogP contribution in [0.3, 0.4) is 0 Å². The molecule has 0 aliphatic rings. The van der Waals surface area contributed by atoms with E-state index in [2.05, 4.69) is 42.5 Å². The number of carboxylic acids is 2. The Kier molecular flexibility index (Phi) is 38.8. The van der Waals surface area contributed by atoms with Crippen LogP contribution in [0, 0.1) is 5.92 Å². The Morgan fingerprint density at radius 2 is 0.688 bits per heavy atom. The molecule has 0 aromatic carbocycles. The maximum absolute atomic E-state index is 14.2. The van der Waals surface area contributed by atoms with Crippen molar-refractivity contribution in [2.75, 3.05) is 32.7 Å². The minimum absolute atomic E-state index is 0.0209. The van der Waals surface area contributed by atoms with E-state index in [1.54, 1.807) is 13.8 Å². The molecule has 30 nitrogen and oxygen atoms in total. The Morgan fingerprint density at radius 3 is 1.02 bits per heavy atom. The first-order chi connectivity index (χ1) is 37.9. The lowest BCUT2D eigenvalue weighted by Crippen LogP contribution is -2.61. The largest absolute Gasteiger partial charge is 0.481 e. The van der Waals surface area contributed by atoms with Crippen LogP contribution in [0.4, 0.5) is 0 Å². The van der Waals surface area contributed by atoms with Gasteiger partial charge in [-0.15, -0.1) is 0 Å². The zero-order valence-electron chi connectivity index (χ0n) is 46.6. The predicted octanol–water partition coefficient (Wildman–Crippen LogP) is -5.03. The number of hydrogen-bond acceptors (Lipinski definition) is 18. The van der Waals surface area contributed by atoms with Gasteiger partial charge in [-0.05, 0) is 141 Å². The van der Waals surface area contributed by atoms with Crippen molar-refractivity contribution < 1.29 is 67.7 Å². The Hall–Kier alpha value is -6.60. The number of hydrogen-bond donors (Lipinski definition) is 18. The smallest absolute Gasteiger partial charge is 0.326 e. The molecule has 0 unspecified atom stereocenters. The SMILES string of the molecule is CC[C@H](C)[C@H](NC(=O)[C@@H](N)CCCCN)C(=O)N[C@@H](CCCCN)C(=O)N[C@@H](CCCCN)C(=O)N[C@@H](CCC(=O)O)C(=O)N[C@@H](CC(N)=O)C(=O)N[C@@H](CCC(N)=O)C(=O)N[C@@H](CCCCN)C(=O)N[C@@H](CCCCN)C(=O)O. The minimum atomic E-state index is -1.92. The van der Waals surface area contributed by atoms with Crippen LogP contribution >= 0.6 is 0 Å². The lowest BCUT2D eigenvalue weighted by molar-refractivity contribution is -0.142. The van der Waals surface area contributed by atoms with Crippen molar-refractivity contribution in [3.8, 4) is 0 Å². The quantitative estimate of drug-likeness (QED) is 0.0254. The second kappa shape index (κ2) is 42.3. The summed E-state index contributed by atoms with van der Waals surface area (Å²) in [6, 6.07) is -12.9. The van der Waals surface area contributed by atoms with Gasteiger partial charge in [-0.25, -0.2) is 4.79 Å². The van der Waals surface area contributed by atoms with Crippen molar-refractivity contribution in [3.63, 3.8) is 0 Å². The molecule has 0 saturated heterocycles. The molecular formula is C50H94N16O14. The molecule has 458 valence electrons. The van der Waals surface area contributed by atoms with E-state index in [9.17, 15) is 67.7 Å². The highest BCUT2D eigenvalue weighted by atomic mass is 16.4. The van der Waals surface area contributed by atoms with Gasteiger partial charge in [0.2, 0.25) is 59.1 Å². The van der Waals surface area contributed by atoms with E-state index < -0.39 is 163 Å². The number of nitrogens with two attached hydrogens (primary N) is 8. The third-order valence-electron chi connectivity index (χ3n) is 13.0. The molecule has 0 radical (unpaired) electrons. The highest BCUT2D eigenvalue weighted by Crippen LogP contribution is 2.14. The van der Waals surface area contributed by atoms with Gasteiger partial charge in [0.1, 0.15) is 48.3 Å². The summed E-state index contributed by atoms with van der Waals surface area (Å²) in [5.74, 6) is -12.8. The van der Waals surface area contributed by atoms with Crippen LogP contribution in [-0.4, -0.2) is 168 Å². The summed E-state index contributed by atoms with van der Waals surface area (Å²) in [6.07, 6.45) is 1.60. The fourth-order valence-electron chi connectivity index (χ4n) is 8.03. The number of carboxylic acid groups (broad SMARTS) is 2. The summed E-state index contributed by atoms with van der Waals surface area (Å²) in [6.45, 7) is 4.87. The maximum Gasteiger partial charge on any atom is 0.326 e. The third-order valence-corrected chi connectivity index (χ3v) is 13.0.